The van der Waals surface area contributed by atoms with Crippen molar-refractivity contribution in [1.29, 1.82) is 0 Å². The minimum Gasteiger partial charge on any atom is -0.458 e. The lowest BCUT2D eigenvalue weighted by molar-refractivity contribution is -0.189. The summed E-state index contributed by atoms with van der Waals surface area (Å²) in [5, 5.41) is -4.53. The molecule has 9 heteroatoms. The van der Waals surface area contributed by atoms with E-state index in [2.05, 4.69) is 4.74 Å². The van der Waals surface area contributed by atoms with Gasteiger partial charge in [-0.25, -0.2) is 0 Å². The van der Waals surface area contributed by atoms with E-state index in [0.29, 0.717) is 12.8 Å². The summed E-state index contributed by atoms with van der Waals surface area (Å²) in [6.45, 7) is -1.71. The maximum atomic E-state index is 13.2. The van der Waals surface area contributed by atoms with Crippen LogP contribution in [0.25, 0.3) is 0 Å². The van der Waals surface area contributed by atoms with Crippen LogP contribution in [-0.2, 0) is 24.4 Å². The molecule has 0 amide bonds. The first-order valence-electron chi connectivity index (χ1n) is 7.05. The molecule has 0 radical (unpaired) electrons. The summed E-state index contributed by atoms with van der Waals surface area (Å²) in [4.78, 5) is 24.2. The van der Waals surface area contributed by atoms with Crippen LogP contribution in [0.1, 0.15) is 38.5 Å². The maximum absolute atomic E-state index is 13.2. The number of esters is 1. The summed E-state index contributed by atoms with van der Waals surface area (Å²) >= 11 is 0. The van der Waals surface area contributed by atoms with Gasteiger partial charge in [0.15, 0.2) is 6.61 Å². The van der Waals surface area contributed by atoms with E-state index in [4.69, 9.17) is 4.55 Å². The zero-order valence-electron chi connectivity index (χ0n) is 11.7. The Bertz CT molecular complexity index is 637. The number of rotatable bonds is 4. The van der Waals surface area contributed by atoms with E-state index in [0.717, 1.165) is 12.8 Å². The Kier molecular flexibility index (Phi) is 3.21. The quantitative estimate of drug-likeness (QED) is 0.617. The monoisotopic (exact) mass is 338 g/mol. The van der Waals surface area contributed by atoms with Crippen LogP contribution in [0.15, 0.2) is 0 Å². The maximum Gasteiger partial charge on any atom is 0.402 e. The van der Waals surface area contributed by atoms with E-state index in [1.54, 1.807) is 0 Å². The Hall–Kier alpha value is -1.09. The van der Waals surface area contributed by atoms with Crippen molar-refractivity contribution in [3.63, 3.8) is 0 Å². The van der Waals surface area contributed by atoms with Crippen molar-refractivity contribution in [3.8, 4) is 0 Å². The molecule has 1 atom stereocenters. The zero-order chi connectivity index (χ0) is 16.4. The molecular formula is C13H16F2O6S. The molecule has 6 nitrogen and oxygen atoms in total. The van der Waals surface area contributed by atoms with Gasteiger partial charge in [-0.05, 0) is 38.0 Å². The van der Waals surface area contributed by atoms with Crippen LogP contribution in [0.3, 0.4) is 0 Å². The van der Waals surface area contributed by atoms with Crippen molar-refractivity contribution in [2.24, 2.45) is 16.7 Å². The molecule has 4 saturated carbocycles. The number of ether oxygens (including phenoxy) is 1. The molecule has 4 aliphatic rings. The van der Waals surface area contributed by atoms with Crippen LogP contribution < -0.4 is 0 Å². The first kappa shape index (κ1) is 15.8. The van der Waals surface area contributed by atoms with Crippen LogP contribution in [0.4, 0.5) is 8.78 Å². The highest BCUT2D eigenvalue weighted by Crippen LogP contribution is 2.66. The van der Waals surface area contributed by atoms with Gasteiger partial charge in [-0.2, -0.15) is 17.2 Å². The number of halogens is 2. The molecule has 3 bridgehead atoms. The van der Waals surface area contributed by atoms with Crippen LogP contribution in [-0.4, -0.2) is 36.6 Å². The summed E-state index contributed by atoms with van der Waals surface area (Å²) in [5.41, 5.74) is -1.48. The smallest absolute Gasteiger partial charge is 0.402 e. The van der Waals surface area contributed by atoms with Gasteiger partial charge < -0.3 is 4.74 Å². The summed E-state index contributed by atoms with van der Waals surface area (Å²) in [7, 11) is -5.63. The highest BCUT2D eigenvalue weighted by atomic mass is 32.2. The van der Waals surface area contributed by atoms with E-state index in [1.165, 1.54) is 0 Å². The Morgan fingerprint density at radius 1 is 1.36 bits per heavy atom. The minimum absolute atomic E-state index is 0.121. The lowest BCUT2D eigenvalue weighted by Crippen LogP contribution is -2.60. The topological polar surface area (TPSA) is 97.7 Å². The fourth-order valence-corrected chi connectivity index (χ4v) is 4.58. The second kappa shape index (κ2) is 4.47. The third kappa shape index (κ3) is 2.17. The van der Waals surface area contributed by atoms with Crippen LogP contribution >= 0.6 is 0 Å². The number of ketones is 1. The first-order valence-corrected chi connectivity index (χ1v) is 8.49. The number of carbonyl (C=O) groups excluding carboxylic acids is 2. The SMILES string of the molecule is O=C1CCC2(C(=O)OCC(F)(F)S(=O)(=O)O)CC3CC1(C3)C2. The Balaban J connectivity index is 1.72. The Morgan fingerprint density at radius 2 is 2.00 bits per heavy atom. The van der Waals surface area contributed by atoms with E-state index >= 15 is 0 Å². The number of hydrogen-bond acceptors (Lipinski definition) is 5. The van der Waals surface area contributed by atoms with Gasteiger partial charge in [-0.1, -0.05) is 0 Å². The second-order valence-corrected chi connectivity index (χ2v) is 8.37. The predicted octanol–water partition coefficient (Wildman–Crippen LogP) is 1.55. The number of Topliss-reactive ketones (excluding diaryl/α,β-unsaturated/α-hetero) is 1. The third-order valence-electron chi connectivity index (χ3n) is 5.32. The lowest BCUT2D eigenvalue weighted by atomic mass is 9.42. The molecule has 0 aromatic heterocycles. The highest BCUT2D eigenvalue weighted by molar-refractivity contribution is 7.86. The molecule has 1 N–H and O–H groups in total. The van der Waals surface area contributed by atoms with Gasteiger partial charge in [0.05, 0.1) is 5.41 Å². The lowest BCUT2D eigenvalue weighted by Gasteiger charge is -2.60. The van der Waals surface area contributed by atoms with E-state index in [9.17, 15) is 26.8 Å². The fraction of sp³-hybridized carbons (Fsp3) is 0.846. The van der Waals surface area contributed by atoms with Gasteiger partial charge >= 0.3 is 21.3 Å². The highest BCUT2D eigenvalue weighted by Gasteiger charge is 2.65. The average Bonchev–Trinajstić information content (AvgIpc) is 2.38. The normalized spacial score (nSPS) is 37.4. The summed E-state index contributed by atoms with van der Waals surface area (Å²) in [5.74, 6) is -0.556. The molecule has 0 aliphatic heterocycles. The number of carbonyl (C=O) groups is 2. The number of alkyl halides is 2. The molecule has 0 aromatic carbocycles. The minimum atomic E-state index is -5.63. The molecule has 4 rings (SSSR count). The Morgan fingerprint density at radius 3 is 2.59 bits per heavy atom. The largest absolute Gasteiger partial charge is 0.458 e. The molecule has 124 valence electrons. The zero-order valence-corrected chi connectivity index (χ0v) is 12.5. The van der Waals surface area contributed by atoms with E-state index in [-0.39, 0.29) is 24.5 Å². The molecule has 0 heterocycles. The number of hydrogen-bond donors (Lipinski definition) is 1. The van der Waals surface area contributed by atoms with Crippen molar-refractivity contribution in [1.82, 2.24) is 0 Å². The molecule has 1 unspecified atom stereocenters. The molecule has 1 spiro atoms. The van der Waals surface area contributed by atoms with Gasteiger partial charge in [-0.15, -0.1) is 0 Å². The summed E-state index contributed by atoms with van der Waals surface area (Å²) in [6.07, 6.45) is 2.73. The average molecular weight is 338 g/mol. The van der Waals surface area contributed by atoms with Crippen LogP contribution in [0.2, 0.25) is 0 Å². The third-order valence-corrected chi connectivity index (χ3v) is 6.19. The molecule has 22 heavy (non-hydrogen) atoms. The Labute approximate surface area is 125 Å². The molecule has 4 fully saturated rings. The van der Waals surface area contributed by atoms with Crippen LogP contribution in [0.5, 0.6) is 0 Å². The van der Waals surface area contributed by atoms with Gasteiger partial charge in [0.2, 0.25) is 0 Å². The van der Waals surface area contributed by atoms with Crippen molar-refractivity contribution in [3.05, 3.63) is 0 Å². The molecule has 0 saturated heterocycles. The molecular weight excluding hydrogens is 322 g/mol. The molecule has 4 aliphatic carbocycles. The molecule has 0 aromatic rings. The van der Waals surface area contributed by atoms with Crippen molar-refractivity contribution < 1.29 is 36.1 Å². The van der Waals surface area contributed by atoms with Crippen molar-refractivity contribution >= 4 is 21.9 Å². The summed E-state index contributed by atoms with van der Waals surface area (Å²) in [6, 6.07) is 0. The fourth-order valence-electron chi connectivity index (χ4n) is 4.38. The van der Waals surface area contributed by atoms with Gasteiger partial charge in [-0.3, -0.25) is 14.1 Å². The van der Waals surface area contributed by atoms with E-state index < -0.39 is 38.8 Å². The second-order valence-electron chi connectivity index (χ2n) is 6.83. The van der Waals surface area contributed by atoms with Crippen molar-refractivity contribution in [2.45, 2.75) is 43.8 Å². The predicted molar refractivity (Wildman–Crippen MR) is 68.5 cm³/mol. The first-order chi connectivity index (χ1) is 10.00. The van der Waals surface area contributed by atoms with Gasteiger partial charge in [0, 0.05) is 11.8 Å². The van der Waals surface area contributed by atoms with E-state index in [1.807, 2.05) is 0 Å². The summed E-state index contributed by atoms with van der Waals surface area (Å²) < 4.78 is 60.3. The standard InChI is InChI=1S/C13H16F2O6S/c14-13(15,22(18,19)20)7-21-10(17)11-2-1-9(16)12(6-11)4-8(3-11)5-12/h8H,1-7H2,(H,18,19,20). The van der Waals surface area contributed by atoms with Crippen molar-refractivity contribution in [2.75, 3.05) is 6.61 Å². The van der Waals surface area contributed by atoms with Crippen LogP contribution in [0, 0.1) is 16.7 Å². The van der Waals surface area contributed by atoms with Gasteiger partial charge in [0.25, 0.3) is 0 Å². The van der Waals surface area contributed by atoms with Gasteiger partial charge in [0.1, 0.15) is 5.78 Å².